The number of rotatable bonds is 4. The number of nitrogens with one attached hydrogen (secondary N) is 1. The Bertz CT molecular complexity index is 393. The summed E-state index contributed by atoms with van der Waals surface area (Å²) in [4.78, 5) is 0. The highest BCUT2D eigenvalue weighted by Crippen LogP contribution is 2.41. The number of benzene rings is 1. The molecular weight excluding hydrogens is 227 g/mol. The predicted molar refractivity (Wildman–Crippen MR) is 65.2 cm³/mol. The van der Waals surface area contributed by atoms with E-state index in [0.717, 1.165) is 0 Å². The highest BCUT2D eigenvalue weighted by molar-refractivity contribution is 6.33. The maximum atomic E-state index is 13.1. The summed E-state index contributed by atoms with van der Waals surface area (Å²) < 4.78 is 13.1. The molecule has 1 fully saturated rings. The molecule has 0 spiro atoms. The van der Waals surface area contributed by atoms with Crippen LogP contribution in [0.2, 0.25) is 5.02 Å². The van der Waals surface area contributed by atoms with Crippen molar-refractivity contribution < 1.29 is 4.39 Å². The van der Waals surface area contributed by atoms with E-state index in [9.17, 15) is 4.39 Å². The fourth-order valence-electron chi connectivity index (χ4n) is 1.94. The average Bonchev–Trinajstić information content (AvgIpc) is 3.07. The topological polar surface area (TPSA) is 38.0 Å². The molecule has 3 N–H and O–H groups in total. The molecule has 0 heterocycles. The molecule has 4 heteroatoms. The van der Waals surface area contributed by atoms with Crippen molar-refractivity contribution in [2.75, 3.05) is 11.9 Å². The SMILES string of the molecule is CC(CN)(Nc1cc(F)ccc1Cl)C1CC1. The number of halogens is 2. The van der Waals surface area contributed by atoms with Gasteiger partial charge in [0.2, 0.25) is 0 Å². The van der Waals surface area contributed by atoms with Crippen LogP contribution >= 0.6 is 11.6 Å². The maximum Gasteiger partial charge on any atom is 0.125 e. The zero-order chi connectivity index (χ0) is 11.8. The van der Waals surface area contributed by atoms with Crippen LogP contribution in [0.5, 0.6) is 0 Å². The smallest absolute Gasteiger partial charge is 0.125 e. The molecule has 1 aromatic carbocycles. The average molecular weight is 243 g/mol. The summed E-state index contributed by atoms with van der Waals surface area (Å²) in [6.45, 7) is 2.58. The molecule has 2 nitrogen and oxygen atoms in total. The minimum absolute atomic E-state index is 0.183. The van der Waals surface area contributed by atoms with Crippen molar-refractivity contribution in [2.24, 2.45) is 11.7 Å². The van der Waals surface area contributed by atoms with E-state index in [0.29, 0.717) is 23.2 Å². The van der Waals surface area contributed by atoms with Crippen LogP contribution in [0.15, 0.2) is 18.2 Å². The van der Waals surface area contributed by atoms with E-state index in [2.05, 4.69) is 12.2 Å². The number of hydrogen-bond acceptors (Lipinski definition) is 2. The standard InChI is InChI=1S/C12H16ClFN2/c1-12(7-15,8-2-3-8)16-11-6-9(14)4-5-10(11)13/h4-6,8,16H,2-3,7,15H2,1H3. The van der Waals surface area contributed by atoms with E-state index in [1.807, 2.05) is 0 Å². The first-order valence-corrected chi connectivity index (χ1v) is 5.86. The van der Waals surface area contributed by atoms with Gasteiger partial charge in [0, 0.05) is 12.1 Å². The third-order valence-corrected chi connectivity index (χ3v) is 3.58. The van der Waals surface area contributed by atoms with E-state index in [-0.39, 0.29) is 11.4 Å². The molecular formula is C12H16ClFN2. The second kappa shape index (κ2) is 4.22. The quantitative estimate of drug-likeness (QED) is 0.852. The van der Waals surface area contributed by atoms with Crippen molar-refractivity contribution in [3.63, 3.8) is 0 Å². The van der Waals surface area contributed by atoms with Crippen molar-refractivity contribution >= 4 is 17.3 Å². The third kappa shape index (κ3) is 2.30. The lowest BCUT2D eigenvalue weighted by Crippen LogP contribution is -2.44. The molecule has 1 unspecified atom stereocenters. The van der Waals surface area contributed by atoms with Gasteiger partial charge in [0.1, 0.15) is 5.82 Å². The molecule has 1 aromatic rings. The van der Waals surface area contributed by atoms with E-state index < -0.39 is 0 Å². The van der Waals surface area contributed by atoms with Gasteiger partial charge < -0.3 is 11.1 Å². The Morgan fingerprint density at radius 2 is 2.25 bits per heavy atom. The molecule has 0 saturated heterocycles. The molecule has 0 radical (unpaired) electrons. The van der Waals surface area contributed by atoms with Gasteiger partial charge in [-0.25, -0.2) is 4.39 Å². The fourth-order valence-corrected chi connectivity index (χ4v) is 2.11. The Morgan fingerprint density at radius 3 is 2.81 bits per heavy atom. The van der Waals surface area contributed by atoms with Gasteiger partial charge in [-0.05, 0) is 43.9 Å². The van der Waals surface area contributed by atoms with Gasteiger partial charge in [-0.1, -0.05) is 11.6 Å². The minimum atomic E-state index is -0.290. The zero-order valence-electron chi connectivity index (χ0n) is 9.26. The van der Waals surface area contributed by atoms with Gasteiger partial charge in [0.25, 0.3) is 0 Å². The van der Waals surface area contributed by atoms with Crippen LogP contribution in [0.4, 0.5) is 10.1 Å². The van der Waals surface area contributed by atoms with E-state index in [1.54, 1.807) is 6.07 Å². The number of nitrogens with two attached hydrogens (primary N) is 1. The largest absolute Gasteiger partial charge is 0.377 e. The third-order valence-electron chi connectivity index (χ3n) is 3.25. The summed E-state index contributed by atoms with van der Waals surface area (Å²) in [6, 6.07) is 4.33. The van der Waals surface area contributed by atoms with Crippen molar-refractivity contribution in [1.29, 1.82) is 0 Å². The van der Waals surface area contributed by atoms with Gasteiger partial charge in [0.05, 0.1) is 10.7 Å². The highest BCUT2D eigenvalue weighted by atomic mass is 35.5. The monoisotopic (exact) mass is 242 g/mol. The van der Waals surface area contributed by atoms with Gasteiger partial charge in [-0.15, -0.1) is 0 Å². The van der Waals surface area contributed by atoms with Crippen LogP contribution < -0.4 is 11.1 Å². The van der Waals surface area contributed by atoms with Crippen LogP contribution in [0, 0.1) is 11.7 Å². The Kier molecular flexibility index (Phi) is 3.08. The van der Waals surface area contributed by atoms with Crippen LogP contribution in [-0.2, 0) is 0 Å². The lowest BCUT2D eigenvalue weighted by atomic mass is 9.95. The maximum absolute atomic E-state index is 13.1. The first-order valence-electron chi connectivity index (χ1n) is 5.48. The normalized spacial score (nSPS) is 19.2. The van der Waals surface area contributed by atoms with Crippen molar-refractivity contribution in [3.05, 3.63) is 29.0 Å². The summed E-state index contributed by atoms with van der Waals surface area (Å²) in [5.74, 6) is 0.277. The molecule has 16 heavy (non-hydrogen) atoms. The van der Waals surface area contributed by atoms with Gasteiger partial charge in [-0.3, -0.25) is 0 Å². The van der Waals surface area contributed by atoms with Crippen LogP contribution in [0.3, 0.4) is 0 Å². The Hall–Kier alpha value is -0.800. The predicted octanol–water partition coefficient (Wildman–Crippen LogP) is 3.02. The van der Waals surface area contributed by atoms with E-state index in [1.165, 1.54) is 25.0 Å². The van der Waals surface area contributed by atoms with Crippen molar-refractivity contribution in [3.8, 4) is 0 Å². The molecule has 1 aliphatic carbocycles. The summed E-state index contributed by atoms with van der Waals surface area (Å²) in [6.07, 6.45) is 2.35. The molecule has 0 aromatic heterocycles. The summed E-state index contributed by atoms with van der Waals surface area (Å²) >= 11 is 6.01. The molecule has 0 amide bonds. The Morgan fingerprint density at radius 1 is 1.56 bits per heavy atom. The molecule has 0 bridgehead atoms. The number of hydrogen-bond donors (Lipinski definition) is 2. The Balaban J connectivity index is 2.21. The minimum Gasteiger partial charge on any atom is -0.377 e. The van der Waals surface area contributed by atoms with E-state index in [4.69, 9.17) is 17.3 Å². The molecule has 0 aliphatic heterocycles. The number of anilines is 1. The molecule has 1 aliphatic rings. The second-order valence-electron chi connectivity index (χ2n) is 4.65. The summed E-state index contributed by atoms with van der Waals surface area (Å²) in [5, 5.41) is 3.81. The highest BCUT2D eigenvalue weighted by Gasteiger charge is 2.40. The van der Waals surface area contributed by atoms with Crippen molar-refractivity contribution in [1.82, 2.24) is 0 Å². The summed E-state index contributed by atoms with van der Waals surface area (Å²) in [7, 11) is 0. The lowest BCUT2D eigenvalue weighted by molar-refractivity contribution is 0.459. The van der Waals surface area contributed by atoms with Gasteiger partial charge >= 0.3 is 0 Å². The van der Waals surface area contributed by atoms with Crippen LogP contribution in [0.25, 0.3) is 0 Å². The van der Waals surface area contributed by atoms with E-state index >= 15 is 0 Å². The first-order chi connectivity index (χ1) is 7.55. The van der Waals surface area contributed by atoms with Crippen molar-refractivity contribution in [2.45, 2.75) is 25.3 Å². The lowest BCUT2D eigenvalue weighted by Gasteiger charge is -2.31. The van der Waals surface area contributed by atoms with Crippen LogP contribution in [-0.4, -0.2) is 12.1 Å². The molecule has 1 saturated carbocycles. The molecule has 2 rings (SSSR count). The zero-order valence-corrected chi connectivity index (χ0v) is 10.0. The molecule has 88 valence electrons. The second-order valence-corrected chi connectivity index (χ2v) is 5.05. The first kappa shape index (κ1) is 11.7. The summed E-state index contributed by atoms with van der Waals surface area (Å²) in [5.41, 5.74) is 6.23. The Labute approximate surface area is 100.0 Å². The van der Waals surface area contributed by atoms with Gasteiger partial charge in [0.15, 0.2) is 0 Å². The van der Waals surface area contributed by atoms with Gasteiger partial charge in [-0.2, -0.15) is 0 Å². The fraction of sp³-hybridized carbons (Fsp3) is 0.500. The van der Waals surface area contributed by atoms with Crippen LogP contribution in [0.1, 0.15) is 19.8 Å². The molecule has 1 atom stereocenters.